The number of fused-ring (bicyclic) bond motifs is 1. The molecule has 2 atom stereocenters. The van der Waals surface area contributed by atoms with Gasteiger partial charge in [-0.15, -0.1) is 0 Å². The minimum atomic E-state index is 0.425. The summed E-state index contributed by atoms with van der Waals surface area (Å²) in [6.07, 6.45) is 8.41. The highest BCUT2D eigenvalue weighted by molar-refractivity contribution is 9.11. The molecule has 58 valence electrons. The van der Waals surface area contributed by atoms with Gasteiger partial charge in [-0.1, -0.05) is 28.1 Å². The highest BCUT2D eigenvalue weighted by atomic mass is 79.9. The van der Waals surface area contributed by atoms with Crippen LogP contribution >= 0.6 is 15.9 Å². The first-order chi connectivity index (χ1) is 5.27. The molecule has 1 heterocycles. The molecule has 11 heavy (non-hydrogen) atoms. The van der Waals surface area contributed by atoms with Crippen molar-refractivity contribution in [1.29, 1.82) is 0 Å². The molecule has 2 rings (SSSR count). The Balaban J connectivity index is 2.27. The second kappa shape index (κ2) is 2.48. The highest BCUT2D eigenvalue weighted by Gasteiger charge is 2.26. The molecule has 0 bridgehead atoms. The molecule has 1 aliphatic heterocycles. The molecule has 0 fully saturated rings. The Kier molecular flexibility index (Phi) is 1.60. The van der Waals surface area contributed by atoms with Gasteiger partial charge in [0.05, 0.1) is 6.04 Å². The third-order valence-corrected chi connectivity index (χ3v) is 2.58. The predicted molar refractivity (Wildman–Crippen MR) is 49.7 cm³/mol. The summed E-state index contributed by atoms with van der Waals surface area (Å²) in [4.78, 5) is 0. The van der Waals surface area contributed by atoms with Crippen LogP contribution in [-0.2, 0) is 0 Å². The Labute approximate surface area is 74.4 Å². The number of halogens is 1. The number of likely N-dealkylation sites (N-methyl/N-ethyl adjacent to an activating group) is 1. The van der Waals surface area contributed by atoms with Crippen LogP contribution in [0.2, 0.25) is 0 Å². The fourth-order valence-electron chi connectivity index (χ4n) is 1.40. The van der Waals surface area contributed by atoms with Crippen molar-refractivity contribution in [1.82, 2.24) is 5.01 Å². The van der Waals surface area contributed by atoms with Gasteiger partial charge in [-0.2, -0.15) is 5.10 Å². The molecule has 2 unspecified atom stereocenters. The zero-order chi connectivity index (χ0) is 7.84. The molecule has 1 aliphatic carbocycles. The van der Waals surface area contributed by atoms with Gasteiger partial charge in [0.2, 0.25) is 0 Å². The predicted octanol–water partition coefficient (Wildman–Crippen LogP) is 1.75. The number of hydrazone groups is 1. The molecule has 0 aromatic rings. The molecular formula is C8H9BrN2. The lowest BCUT2D eigenvalue weighted by molar-refractivity contribution is 0.307. The van der Waals surface area contributed by atoms with Crippen LogP contribution in [0.1, 0.15) is 0 Å². The van der Waals surface area contributed by atoms with Crippen LogP contribution in [0.4, 0.5) is 0 Å². The molecule has 3 heteroatoms. The third kappa shape index (κ3) is 1.13. The Bertz CT molecular complexity index is 255. The van der Waals surface area contributed by atoms with Crippen LogP contribution in [0.15, 0.2) is 27.8 Å². The quantitative estimate of drug-likeness (QED) is 0.598. The maximum absolute atomic E-state index is 4.21. The molecule has 0 aromatic heterocycles. The summed E-state index contributed by atoms with van der Waals surface area (Å²) in [5, 5.41) is 6.19. The zero-order valence-corrected chi connectivity index (χ0v) is 7.82. The van der Waals surface area contributed by atoms with Gasteiger partial charge in [-0.25, -0.2) is 0 Å². The average molecular weight is 213 g/mol. The number of rotatable bonds is 0. The van der Waals surface area contributed by atoms with E-state index < -0.39 is 0 Å². The fourth-order valence-corrected chi connectivity index (χ4v) is 1.82. The largest absolute Gasteiger partial charge is 0.293 e. The van der Waals surface area contributed by atoms with Gasteiger partial charge >= 0.3 is 0 Å². The molecule has 0 saturated carbocycles. The standard InChI is InChI=1S/C8H9BrN2/c1-11-8-4-7(9)3-2-6(8)5-10-11/h2-6,8H,1H3. The van der Waals surface area contributed by atoms with E-state index in [1.807, 2.05) is 18.3 Å². The van der Waals surface area contributed by atoms with Crippen molar-refractivity contribution in [3.8, 4) is 0 Å². The summed E-state index contributed by atoms with van der Waals surface area (Å²) in [5.74, 6) is 0.473. The second-order valence-electron chi connectivity index (χ2n) is 2.82. The SMILES string of the molecule is CN1N=CC2C=CC(Br)=CC21. The van der Waals surface area contributed by atoms with E-state index in [0.717, 1.165) is 4.48 Å². The monoisotopic (exact) mass is 212 g/mol. The summed E-state index contributed by atoms with van der Waals surface area (Å²) < 4.78 is 1.15. The lowest BCUT2D eigenvalue weighted by atomic mass is 9.97. The van der Waals surface area contributed by atoms with Gasteiger partial charge in [0.1, 0.15) is 0 Å². The highest BCUT2D eigenvalue weighted by Crippen LogP contribution is 2.26. The Morgan fingerprint density at radius 3 is 3.27 bits per heavy atom. The summed E-state index contributed by atoms with van der Waals surface area (Å²) in [6.45, 7) is 0. The van der Waals surface area contributed by atoms with Gasteiger partial charge in [0.25, 0.3) is 0 Å². The van der Waals surface area contributed by atoms with Crippen LogP contribution in [0.25, 0.3) is 0 Å². The minimum Gasteiger partial charge on any atom is -0.293 e. The van der Waals surface area contributed by atoms with Crippen LogP contribution in [-0.4, -0.2) is 24.3 Å². The molecular weight excluding hydrogens is 204 g/mol. The summed E-state index contributed by atoms with van der Waals surface area (Å²) in [7, 11) is 2.00. The average Bonchev–Trinajstić information content (AvgIpc) is 2.33. The molecule has 2 aliphatic rings. The number of hydrogen-bond donors (Lipinski definition) is 0. The Hall–Kier alpha value is -0.570. The first-order valence-electron chi connectivity index (χ1n) is 3.60. The molecule has 0 N–H and O–H groups in total. The van der Waals surface area contributed by atoms with E-state index in [-0.39, 0.29) is 0 Å². The molecule has 0 spiro atoms. The zero-order valence-electron chi connectivity index (χ0n) is 6.24. The number of hydrogen-bond acceptors (Lipinski definition) is 2. The molecule has 0 radical (unpaired) electrons. The van der Waals surface area contributed by atoms with Crippen molar-refractivity contribution >= 4 is 22.1 Å². The summed E-state index contributed by atoms with van der Waals surface area (Å²) in [5.41, 5.74) is 0. The first kappa shape index (κ1) is 7.10. The summed E-state index contributed by atoms with van der Waals surface area (Å²) >= 11 is 3.44. The maximum atomic E-state index is 4.21. The first-order valence-corrected chi connectivity index (χ1v) is 4.39. The Morgan fingerprint density at radius 1 is 1.64 bits per heavy atom. The third-order valence-electron chi connectivity index (χ3n) is 2.05. The molecule has 0 amide bonds. The van der Waals surface area contributed by atoms with Gasteiger partial charge in [0, 0.05) is 23.7 Å². The van der Waals surface area contributed by atoms with E-state index in [1.54, 1.807) is 0 Å². The smallest absolute Gasteiger partial charge is 0.0774 e. The second-order valence-corrected chi connectivity index (χ2v) is 3.73. The van der Waals surface area contributed by atoms with Crippen LogP contribution in [0, 0.1) is 5.92 Å². The van der Waals surface area contributed by atoms with Crippen molar-refractivity contribution in [2.45, 2.75) is 6.04 Å². The minimum absolute atomic E-state index is 0.425. The maximum Gasteiger partial charge on any atom is 0.0774 e. The van der Waals surface area contributed by atoms with Crippen molar-refractivity contribution in [3.63, 3.8) is 0 Å². The van der Waals surface area contributed by atoms with E-state index in [9.17, 15) is 0 Å². The lowest BCUT2D eigenvalue weighted by Gasteiger charge is -2.21. The van der Waals surface area contributed by atoms with Crippen molar-refractivity contribution < 1.29 is 0 Å². The van der Waals surface area contributed by atoms with Crippen LogP contribution < -0.4 is 0 Å². The van der Waals surface area contributed by atoms with Gasteiger partial charge in [0.15, 0.2) is 0 Å². The van der Waals surface area contributed by atoms with Crippen molar-refractivity contribution in [2.75, 3.05) is 7.05 Å². The Morgan fingerprint density at radius 2 is 2.45 bits per heavy atom. The number of allylic oxidation sites excluding steroid dienone is 2. The van der Waals surface area contributed by atoms with Gasteiger partial charge in [-0.3, -0.25) is 5.01 Å². The van der Waals surface area contributed by atoms with Crippen molar-refractivity contribution in [3.05, 3.63) is 22.7 Å². The fraction of sp³-hybridized carbons (Fsp3) is 0.375. The van der Waals surface area contributed by atoms with E-state index in [1.165, 1.54) is 0 Å². The van der Waals surface area contributed by atoms with Gasteiger partial charge in [-0.05, 0) is 6.08 Å². The van der Waals surface area contributed by atoms with Crippen LogP contribution in [0.3, 0.4) is 0 Å². The van der Waals surface area contributed by atoms with E-state index in [4.69, 9.17) is 0 Å². The number of nitrogens with zero attached hydrogens (tertiary/aromatic N) is 2. The van der Waals surface area contributed by atoms with E-state index in [2.05, 4.69) is 39.3 Å². The van der Waals surface area contributed by atoms with Gasteiger partial charge < -0.3 is 0 Å². The normalized spacial score (nSPS) is 34.0. The molecule has 0 aromatic carbocycles. The molecule has 2 nitrogen and oxygen atoms in total. The van der Waals surface area contributed by atoms with Crippen molar-refractivity contribution in [2.24, 2.45) is 11.0 Å². The van der Waals surface area contributed by atoms with Crippen LogP contribution in [0.5, 0.6) is 0 Å². The topological polar surface area (TPSA) is 15.6 Å². The summed E-state index contributed by atoms with van der Waals surface area (Å²) in [6, 6.07) is 0.425. The molecule has 0 saturated heterocycles. The lowest BCUT2D eigenvalue weighted by Crippen LogP contribution is -2.27. The van der Waals surface area contributed by atoms with E-state index >= 15 is 0 Å². The van der Waals surface area contributed by atoms with E-state index in [0.29, 0.717) is 12.0 Å².